The number of nitrogens with zero attached hydrogens (tertiary/aromatic N) is 5. The number of anilines is 1. The van der Waals surface area contributed by atoms with Gasteiger partial charge in [0, 0.05) is 18.7 Å². The lowest BCUT2D eigenvalue weighted by Gasteiger charge is -2.26. The summed E-state index contributed by atoms with van der Waals surface area (Å²) in [5.41, 5.74) is 1.91. The number of carbonyl (C=O) groups is 1. The number of thiophene rings is 1. The summed E-state index contributed by atoms with van der Waals surface area (Å²) in [7, 11) is 1.75. The minimum atomic E-state index is -0.527. The molecule has 3 heterocycles. The molecule has 0 saturated carbocycles. The van der Waals surface area contributed by atoms with E-state index in [0.717, 1.165) is 34.6 Å². The Bertz CT molecular complexity index is 1410. The highest BCUT2D eigenvalue weighted by molar-refractivity contribution is 7.17. The molecule has 4 aromatic rings. The fourth-order valence-electron chi connectivity index (χ4n) is 3.18. The van der Waals surface area contributed by atoms with Gasteiger partial charge in [-0.25, -0.2) is 9.97 Å². The molecular formula is C23H24N6O4S. The Morgan fingerprint density at radius 2 is 2.03 bits per heavy atom. The van der Waals surface area contributed by atoms with Crippen LogP contribution in [0.5, 0.6) is 5.75 Å². The van der Waals surface area contributed by atoms with E-state index in [-0.39, 0.29) is 21.3 Å². The Morgan fingerprint density at radius 3 is 2.71 bits per heavy atom. The van der Waals surface area contributed by atoms with Gasteiger partial charge in [0.1, 0.15) is 17.2 Å². The third kappa shape index (κ3) is 4.60. The summed E-state index contributed by atoms with van der Waals surface area (Å²) in [5, 5.41) is 18.4. The first kappa shape index (κ1) is 23.3. The van der Waals surface area contributed by atoms with E-state index in [1.165, 1.54) is 12.1 Å². The molecule has 0 atom stereocenters. The van der Waals surface area contributed by atoms with Gasteiger partial charge in [-0.2, -0.15) is 5.10 Å². The smallest absolute Gasteiger partial charge is 0.324 e. The fourth-order valence-corrected chi connectivity index (χ4v) is 3.90. The van der Waals surface area contributed by atoms with Gasteiger partial charge in [-0.15, -0.1) is 0 Å². The third-order valence-electron chi connectivity index (χ3n) is 5.50. The zero-order valence-corrected chi connectivity index (χ0v) is 20.3. The number of aryl methyl sites for hydroxylation is 2. The van der Waals surface area contributed by atoms with Crippen molar-refractivity contribution in [1.82, 2.24) is 19.7 Å². The van der Waals surface area contributed by atoms with Crippen molar-refractivity contribution in [2.75, 3.05) is 5.32 Å². The molecule has 10 nitrogen and oxygen atoms in total. The average Bonchev–Trinajstić information content (AvgIpc) is 3.43. The monoisotopic (exact) mass is 480 g/mol. The summed E-state index contributed by atoms with van der Waals surface area (Å²) in [6.07, 6.45) is 2.41. The van der Waals surface area contributed by atoms with Gasteiger partial charge in [-0.1, -0.05) is 30.4 Å². The van der Waals surface area contributed by atoms with Gasteiger partial charge in [0.15, 0.2) is 11.5 Å². The summed E-state index contributed by atoms with van der Waals surface area (Å²) in [5.74, 6) is 0.897. The molecule has 0 aliphatic carbocycles. The molecule has 1 aromatic carbocycles. The van der Waals surface area contributed by atoms with E-state index < -0.39 is 10.8 Å². The first-order valence-electron chi connectivity index (χ1n) is 10.6. The van der Waals surface area contributed by atoms with Crippen molar-refractivity contribution in [3.8, 4) is 17.1 Å². The predicted octanol–water partition coefficient (Wildman–Crippen LogP) is 5.13. The van der Waals surface area contributed by atoms with Gasteiger partial charge in [0.25, 0.3) is 5.91 Å². The van der Waals surface area contributed by atoms with Crippen LogP contribution >= 0.6 is 11.3 Å². The molecular weight excluding hydrogens is 456 g/mol. The Hall–Kier alpha value is -3.86. The van der Waals surface area contributed by atoms with Crippen LogP contribution in [0.3, 0.4) is 0 Å². The van der Waals surface area contributed by atoms with Crippen molar-refractivity contribution in [3.05, 3.63) is 57.1 Å². The largest absolute Gasteiger partial charge is 0.488 e. The first-order chi connectivity index (χ1) is 16.1. The van der Waals surface area contributed by atoms with Crippen molar-refractivity contribution in [2.24, 2.45) is 7.05 Å². The lowest BCUT2D eigenvalue weighted by molar-refractivity contribution is -0.380. The highest BCUT2D eigenvalue weighted by Crippen LogP contribution is 2.32. The molecule has 176 valence electrons. The molecule has 1 amide bonds. The number of benzene rings is 1. The van der Waals surface area contributed by atoms with Crippen molar-refractivity contribution in [2.45, 2.75) is 39.7 Å². The van der Waals surface area contributed by atoms with E-state index in [2.05, 4.69) is 27.3 Å². The highest BCUT2D eigenvalue weighted by atomic mass is 32.1. The topological polar surface area (TPSA) is 125 Å². The van der Waals surface area contributed by atoms with E-state index >= 15 is 0 Å². The van der Waals surface area contributed by atoms with E-state index in [1.54, 1.807) is 17.9 Å². The minimum Gasteiger partial charge on any atom is -0.488 e. The van der Waals surface area contributed by atoms with Crippen LogP contribution in [0, 0.1) is 17.0 Å². The normalized spacial score (nSPS) is 11.6. The molecule has 0 spiro atoms. The minimum absolute atomic E-state index is 0.109. The maximum absolute atomic E-state index is 12.8. The zero-order chi connectivity index (χ0) is 24.6. The van der Waals surface area contributed by atoms with Crippen molar-refractivity contribution in [1.29, 1.82) is 0 Å². The SMILES string of the molecule is CCC(C)(C)Oc1cc(-c2nc(NC(=O)c3ccc([N+](=O)[O-])s3)c3cnn(C)c3n2)ccc1C. The van der Waals surface area contributed by atoms with Gasteiger partial charge in [-0.3, -0.25) is 19.6 Å². The Labute approximate surface area is 199 Å². The molecule has 0 unspecified atom stereocenters. The van der Waals surface area contributed by atoms with Crippen molar-refractivity contribution in [3.63, 3.8) is 0 Å². The number of fused-ring (bicyclic) bond motifs is 1. The van der Waals surface area contributed by atoms with Gasteiger partial charge < -0.3 is 10.1 Å². The number of nitrogens with one attached hydrogen (secondary N) is 1. The second-order valence-electron chi connectivity index (χ2n) is 8.45. The Kier molecular flexibility index (Phi) is 6.05. The molecule has 1 N–H and O–H groups in total. The van der Waals surface area contributed by atoms with Crippen LogP contribution in [0.4, 0.5) is 10.8 Å². The fraction of sp³-hybridized carbons (Fsp3) is 0.304. The van der Waals surface area contributed by atoms with E-state index in [9.17, 15) is 14.9 Å². The number of nitro groups is 1. The van der Waals surface area contributed by atoms with Gasteiger partial charge in [0.05, 0.1) is 21.4 Å². The third-order valence-corrected chi connectivity index (χ3v) is 6.54. The van der Waals surface area contributed by atoms with Gasteiger partial charge in [0.2, 0.25) is 0 Å². The molecule has 0 fully saturated rings. The molecule has 0 aliphatic rings. The maximum Gasteiger partial charge on any atom is 0.324 e. The van der Waals surface area contributed by atoms with E-state index in [4.69, 9.17) is 4.74 Å². The second-order valence-corrected chi connectivity index (χ2v) is 9.51. The molecule has 0 bridgehead atoms. The summed E-state index contributed by atoms with van der Waals surface area (Å²) in [6.45, 7) is 8.09. The van der Waals surface area contributed by atoms with E-state index in [0.29, 0.717) is 16.9 Å². The highest BCUT2D eigenvalue weighted by Gasteiger charge is 2.21. The lowest BCUT2D eigenvalue weighted by Crippen LogP contribution is -2.27. The molecule has 0 radical (unpaired) electrons. The molecule has 34 heavy (non-hydrogen) atoms. The standard InChI is InChI=1S/C23H24N6O4S/c1-6-23(3,4)33-16-11-14(8-7-13(16)2)19-25-20(15-12-24-28(5)21(15)26-19)27-22(30)17-9-10-18(34-17)29(31)32/h7-12H,6H2,1-5H3,(H,25,26,27,30). The number of hydrogen-bond acceptors (Lipinski definition) is 8. The molecule has 11 heteroatoms. The lowest BCUT2D eigenvalue weighted by atomic mass is 10.1. The van der Waals surface area contributed by atoms with Gasteiger partial charge >= 0.3 is 5.00 Å². The number of aromatic nitrogens is 4. The summed E-state index contributed by atoms with van der Waals surface area (Å²) < 4.78 is 7.81. The summed E-state index contributed by atoms with van der Waals surface area (Å²) >= 11 is 0.799. The second kappa shape index (κ2) is 8.82. The summed E-state index contributed by atoms with van der Waals surface area (Å²) in [4.78, 5) is 32.7. The van der Waals surface area contributed by atoms with Crippen LogP contribution in [-0.4, -0.2) is 36.2 Å². The van der Waals surface area contributed by atoms with Gasteiger partial charge in [-0.05, 0) is 44.9 Å². The number of ether oxygens (including phenoxy) is 1. The number of amides is 1. The van der Waals surface area contributed by atoms with Crippen LogP contribution in [-0.2, 0) is 7.05 Å². The average molecular weight is 481 g/mol. The number of hydrogen-bond donors (Lipinski definition) is 1. The van der Waals surface area contributed by atoms with Crippen molar-refractivity contribution < 1.29 is 14.5 Å². The Balaban J connectivity index is 1.75. The van der Waals surface area contributed by atoms with Crippen LogP contribution in [0.25, 0.3) is 22.4 Å². The molecule has 0 saturated heterocycles. The number of rotatable bonds is 7. The van der Waals surface area contributed by atoms with Crippen LogP contribution in [0.1, 0.15) is 42.4 Å². The Morgan fingerprint density at radius 1 is 1.26 bits per heavy atom. The van der Waals surface area contributed by atoms with Crippen LogP contribution in [0.15, 0.2) is 36.5 Å². The summed E-state index contributed by atoms with van der Waals surface area (Å²) in [6, 6.07) is 8.44. The number of carbonyl (C=O) groups excluding carboxylic acids is 1. The maximum atomic E-state index is 12.8. The van der Waals surface area contributed by atoms with Crippen LogP contribution < -0.4 is 10.1 Å². The molecule has 3 aromatic heterocycles. The quantitative estimate of drug-likeness (QED) is 0.287. The molecule has 0 aliphatic heterocycles. The predicted molar refractivity (Wildman–Crippen MR) is 130 cm³/mol. The van der Waals surface area contributed by atoms with Crippen molar-refractivity contribution >= 4 is 39.1 Å². The van der Waals surface area contributed by atoms with Crippen LogP contribution in [0.2, 0.25) is 0 Å². The first-order valence-corrected chi connectivity index (χ1v) is 11.4. The molecule has 4 rings (SSSR count). The zero-order valence-electron chi connectivity index (χ0n) is 19.4. The van der Waals surface area contributed by atoms with E-state index in [1.807, 2.05) is 39.0 Å².